The highest BCUT2D eigenvalue weighted by molar-refractivity contribution is 8.26. The first-order valence-electron chi connectivity index (χ1n) is 5.59. The molecule has 4 nitrogen and oxygen atoms in total. The van der Waals surface area contributed by atoms with Gasteiger partial charge in [0.15, 0.2) is 0 Å². The number of amides is 1. The molecule has 1 amide bonds. The van der Waals surface area contributed by atoms with E-state index in [1.165, 1.54) is 12.0 Å². The van der Waals surface area contributed by atoms with Gasteiger partial charge in [-0.2, -0.15) is 0 Å². The Labute approximate surface area is 130 Å². The third-order valence-corrected chi connectivity index (χ3v) is 4.36. The van der Waals surface area contributed by atoms with E-state index >= 15 is 0 Å². The van der Waals surface area contributed by atoms with Crippen molar-refractivity contribution in [2.45, 2.75) is 6.54 Å². The highest BCUT2D eigenvalue weighted by Crippen LogP contribution is 2.32. The van der Waals surface area contributed by atoms with Crippen LogP contribution in [0.2, 0.25) is 5.02 Å². The normalized spacial score (nSPS) is 16.9. The molecule has 0 spiro atoms. The summed E-state index contributed by atoms with van der Waals surface area (Å²) in [6, 6.07) is 7.22. The largest absolute Gasteiger partial charge is 0.466 e. The van der Waals surface area contributed by atoms with Crippen molar-refractivity contribution in [3.63, 3.8) is 0 Å². The summed E-state index contributed by atoms with van der Waals surface area (Å²) in [5.41, 5.74) is 0.796. The van der Waals surface area contributed by atoms with E-state index in [0.29, 0.717) is 9.34 Å². The van der Waals surface area contributed by atoms with Gasteiger partial charge in [-0.25, -0.2) is 4.79 Å². The summed E-state index contributed by atoms with van der Waals surface area (Å²) in [4.78, 5) is 25.0. The Morgan fingerprint density at radius 1 is 1.50 bits per heavy atom. The zero-order valence-corrected chi connectivity index (χ0v) is 12.8. The fourth-order valence-corrected chi connectivity index (χ4v) is 3.01. The standard InChI is InChI=1S/C13H10ClNO3S2/c1-18-11(16)6-10-12(17)15(13(19)20-10)7-8-4-2-3-5-9(8)14/h2-6H,7H2,1H3/b10-6+. The second-order valence-electron chi connectivity index (χ2n) is 3.88. The van der Waals surface area contributed by atoms with Crippen LogP contribution in [-0.4, -0.2) is 28.2 Å². The monoisotopic (exact) mass is 327 g/mol. The van der Waals surface area contributed by atoms with Crippen molar-refractivity contribution in [3.05, 3.63) is 45.8 Å². The molecule has 7 heteroatoms. The number of carbonyl (C=O) groups is 2. The van der Waals surface area contributed by atoms with E-state index in [9.17, 15) is 9.59 Å². The molecule has 0 saturated carbocycles. The molecule has 0 N–H and O–H groups in total. The summed E-state index contributed by atoms with van der Waals surface area (Å²) in [7, 11) is 1.25. The van der Waals surface area contributed by atoms with Crippen LogP contribution in [-0.2, 0) is 20.9 Å². The average Bonchev–Trinajstić information content (AvgIpc) is 2.68. The van der Waals surface area contributed by atoms with Gasteiger partial charge >= 0.3 is 5.97 Å². The van der Waals surface area contributed by atoms with Crippen LogP contribution in [0.1, 0.15) is 5.56 Å². The van der Waals surface area contributed by atoms with E-state index in [-0.39, 0.29) is 17.4 Å². The fourth-order valence-electron chi connectivity index (χ4n) is 1.60. The number of benzene rings is 1. The minimum Gasteiger partial charge on any atom is -0.466 e. The zero-order valence-electron chi connectivity index (χ0n) is 10.5. The lowest BCUT2D eigenvalue weighted by Crippen LogP contribution is -2.27. The summed E-state index contributed by atoms with van der Waals surface area (Å²) in [5.74, 6) is -0.895. The van der Waals surface area contributed by atoms with Crippen LogP contribution in [0, 0.1) is 0 Å². The first-order chi connectivity index (χ1) is 9.52. The van der Waals surface area contributed by atoms with Gasteiger partial charge in [-0.05, 0) is 11.6 Å². The maximum absolute atomic E-state index is 12.2. The van der Waals surface area contributed by atoms with Gasteiger partial charge in [0.05, 0.1) is 18.6 Å². The molecule has 2 rings (SSSR count). The van der Waals surface area contributed by atoms with Gasteiger partial charge in [0, 0.05) is 11.1 Å². The number of halogens is 1. The van der Waals surface area contributed by atoms with E-state index in [2.05, 4.69) is 4.74 Å². The minimum absolute atomic E-state index is 0.258. The molecule has 1 heterocycles. The van der Waals surface area contributed by atoms with E-state index in [1.807, 2.05) is 18.2 Å². The Kier molecular flexibility index (Phi) is 4.80. The van der Waals surface area contributed by atoms with Gasteiger partial charge in [0.1, 0.15) is 4.32 Å². The Morgan fingerprint density at radius 2 is 2.20 bits per heavy atom. The second kappa shape index (κ2) is 6.39. The molecule has 0 unspecified atom stereocenters. The number of rotatable bonds is 3. The first kappa shape index (κ1) is 15.0. The van der Waals surface area contributed by atoms with Crippen LogP contribution in [0.5, 0.6) is 0 Å². The Bertz CT molecular complexity index is 615. The lowest BCUT2D eigenvalue weighted by atomic mass is 10.2. The van der Waals surface area contributed by atoms with E-state index < -0.39 is 5.97 Å². The quantitative estimate of drug-likeness (QED) is 0.485. The third-order valence-electron chi connectivity index (χ3n) is 2.61. The fraction of sp³-hybridized carbons (Fsp3) is 0.154. The topological polar surface area (TPSA) is 46.6 Å². The van der Waals surface area contributed by atoms with Crippen molar-refractivity contribution in [2.24, 2.45) is 0 Å². The average molecular weight is 328 g/mol. The van der Waals surface area contributed by atoms with Gasteiger partial charge in [0.2, 0.25) is 0 Å². The van der Waals surface area contributed by atoms with Gasteiger partial charge < -0.3 is 4.74 Å². The summed E-state index contributed by atoms with van der Waals surface area (Å²) < 4.78 is 4.90. The van der Waals surface area contributed by atoms with Crippen LogP contribution in [0.4, 0.5) is 0 Å². The molecule has 1 aromatic rings. The number of esters is 1. The molecular formula is C13H10ClNO3S2. The third kappa shape index (κ3) is 3.20. The number of methoxy groups -OCH3 is 1. The minimum atomic E-state index is -0.580. The SMILES string of the molecule is COC(=O)/C=C1/SC(=S)N(Cc2ccccc2Cl)C1=O. The predicted molar refractivity (Wildman–Crippen MR) is 82.3 cm³/mol. The molecule has 0 atom stereocenters. The second-order valence-corrected chi connectivity index (χ2v) is 5.97. The molecule has 20 heavy (non-hydrogen) atoms. The van der Waals surface area contributed by atoms with Gasteiger partial charge in [-0.1, -0.05) is 53.8 Å². The zero-order chi connectivity index (χ0) is 14.7. The molecule has 0 bridgehead atoms. The Balaban J connectivity index is 2.20. The molecular weight excluding hydrogens is 318 g/mol. The highest BCUT2D eigenvalue weighted by Gasteiger charge is 2.33. The number of hydrogen-bond donors (Lipinski definition) is 0. The first-order valence-corrected chi connectivity index (χ1v) is 7.20. The maximum atomic E-state index is 12.2. The molecule has 1 aliphatic rings. The number of thiocarbonyl (C=S) groups is 1. The smallest absolute Gasteiger partial charge is 0.331 e. The molecule has 0 radical (unpaired) electrons. The molecule has 1 aromatic carbocycles. The van der Waals surface area contributed by atoms with Crippen LogP contribution >= 0.6 is 35.6 Å². The number of hydrogen-bond acceptors (Lipinski definition) is 5. The Morgan fingerprint density at radius 3 is 2.85 bits per heavy atom. The lowest BCUT2D eigenvalue weighted by molar-refractivity contribution is -0.135. The molecule has 0 aromatic heterocycles. The number of thioether (sulfide) groups is 1. The molecule has 0 aliphatic carbocycles. The van der Waals surface area contributed by atoms with Gasteiger partial charge in [-0.15, -0.1) is 0 Å². The Hall–Kier alpha value is -1.37. The maximum Gasteiger partial charge on any atom is 0.331 e. The van der Waals surface area contributed by atoms with E-state index in [1.54, 1.807) is 6.07 Å². The molecule has 1 fully saturated rings. The highest BCUT2D eigenvalue weighted by atomic mass is 35.5. The van der Waals surface area contributed by atoms with Crippen molar-refractivity contribution in [3.8, 4) is 0 Å². The number of nitrogens with zero attached hydrogens (tertiary/aromatic N) is 1. The van der Waals surface area contributed by atoms with E-state index in [0.717, 1.165) is 23.4 Å². The van der Waals surface area contributed by atoms with Crippen LogP contribution in [0.15, 0.2) is 35.2 Å². The van der Waals surface area contributed by atoms with E-state index in [4.69, 9.17) is 23.8 Å². The molecule has 104 valence electrons. The predicted octanol–water partition coefficient (Wildman–Crippen LogP) is 2.76. The summed E-state index contributed by atoms with van der Waals surface area (Å²) in [6.07, 6.45) is 1.14. The van der Waals surface area contributed by atoms with Crippen molar-refractivity contribution >= 4 is 51.8 Å². The summed E-state index contributed by atoms with van der Waals surface area (Å²) in [6.45, 7) is 0.281. The lowest BCUT2D eigenvalue weighted by Gasteiger charge is -2.15. The summed E-state index contributed by atoms with van der Waals surface area (Å²) in [5, 5.41) is 0.568. The van der Waals surface area contributed by atoms with Gasteiger partial charge in [0.25, 0.3) is 5.91 Å². The summed E-state index contributed by atoms with van der Waals surface area (Å²) >= 11 is 12.3. The van der Waals surface area contributed by atoms with Gasteiger partial charge in [-0.3, -0.25) is 9.69 Å². The van der Waals surface area contributed by atoms with Crippen LogP contribution < -0.4 is 0 Å². The van der Waals surface area contributed by atoms with Crippen molar-refractivity contribution in [1.29, 1.82) is 0 Å². The van der Waals surface area contributed by atoms with Crippen molar-refractivity contribution < 1.29 is 14.3 Å². The molecule has 1 aliphatic heterocycles. The number of carbonyl (C=O) groups excluding carboxylic acids is 2. The van der Waals surface area contributed by atoms with Crippen LogP contribution in [0.3, 0.4) is 0 Å². The number of ether oxygens (including phenoxy) is 1. The van der Waals surface area contributed by atoms with Crippen molar-refractivity contribution in [2.75, 3.05) is 7.11 Å². The van der Waals surface area contributed by atoms with Crippen molar-refractivity contribution in [1.82, 2.24) is 4.90 Å². The van der Waals surface area contributed by atoms with Crippen LogP contribution in [0.25, 0.3) is 0 Å². The molecule has 1 saturated heterocycles.